The van der Waals surface area contributed by atoms with Gasteiger partial charge >= 0.3 is 0 Å². The molecule has 0 saturated heterocycles. The minimum absolute atomic E-state index is 0.0567. The number of halogens is 1. The number of rotatable bonds is 2. The van der Waals surface area contributed by atoms with E-state index in [1.165, 1.54) is 6.33 Å². The molecule has 2 heterocycles. The molecule has 0 saturated carbocycles. The van der Waals surface area contributed by atoms with Gasteiger partial charge < -0.3 is 25.4 Å². The number of benzene rings is 2. The summed E-state index contributed by atoms with van der Waals surface area (Å²) in [6, 6.07) is 8.19. The lowest BCUT2D eigenvalue weighted by atomic mass is 10.0. The molecule has 3 N–H and O–H groups in total. The Kier molecular flexibility index (Phi) is 7.55. The molecular formula is C25H28ClN5O4. The summed E-state index contributed by atoms with van der Waals surface area (Å²) in [5, 5.41) is 10.3. The van der Waals surface area contributed by atoms with Crippen LogP contribution in [0.1, 0.15) is 25.8 Å². The Morgan fingerprint density at radius 3 is 2.77 bits per heavy atom. The molecule has 2 bridgehead atoms. The van der Waals surface area contributed by atoms with Gasteiger partial charge in [-0.15, -0.1) is 0 Å². The van der Waals surface area contributed by atoms with E-state index in [1.807, 2.05) is 19.9 Å². The molecule has 1 atom stereocenters. The fourth-order valence-corrected chi connectivity index (χ4v) is 4.06. The molecule has 0 unspecified atom stereocenters. The van der Waals surface area contributed by atoms with Crippen molar-refractivity contribution in [1.29, 1.82) is 0 Å². The Labute approximate surface area is 208 Å². The van der Waals surface area contributed by atoms with Crippen LogP contribution in [0.25, 0.3) is 10.9 Å². The third kappa shape index (κ3) is 5.74. The van der Waals surface area contributed by atoms with Crippen molar-refractivity contribution in [2.45, 2.75) is 32.7 Å². The smallest absolute Gasteiger partial charge is 0.242 e. The van der Waals surface area contributed by atoms with Gasteiger partial charge in [-0.2, -0.15) is 0 Å². The number of anilines is 2. The molecule has 1 aliphatic rings. The van der Waals surface area contributed by atoms with Crippen LogP contribution in [0.2, 0.25) is 5.02 Å². The van der Waals surface area contributed by atoms with Gasteiger partial charge in [-0.1, -0.05) is 31.5 Å². The zero-order valence-corrected chi connectivity index (χ0v) is 20.6. The van der Waals surface area contributed by atoms with E-state index in [0.29, 0.717) is 58.7 Å². The first kappa shape index (κ1) is 24.5. The number of carbonyl (C=O) groups excluding carboxylic acids is 2. The lowest BCUT2D eigenvalue weighted by Gasteiger charge is -2.22. The molecule has 1 aliphatic heterocycles. The summed E-state index contributed by atoms with van der Waals surface area (Å²) in [6.45, 7) is 4.55. The van der Waals surface area contributed by atoms with Crippen LogP contribution in [0.4, 0.5) is 11.5 Å². The molecule has 0 aliphatic carbocycles. The van der Waals surface area contributed by atoms with Crippen molar-refractivity contribution in [3.63, 3.8) is 0 Å². The van der Waals surface area contributed by atoms with Crippen LogP contribution in [0.5, 0.6) is 11.5 Å². The molecule has 4 rings (SSSR count). The highest BCUT2D eigenvalue weighted by Gasteiger charge is 2.24. The summed E-state index contributed by atoms with van der Waals surface area (Å²) in [6.07, 6.45) is 2.09. The SMILES string of the molecule is COc1cc2ncnc3c2cc1OCCCNC(=O)[C@H](C(C)C)NC(=O)Cc1ccc(Cl)cc1N3. The standard InChI is InChI=1S/C25H28ClN5O4/c1-14(2)23-25(33)27-7-4-8-35-21-11-17-19(12-20(21)34-3)28-13-29-24(17)30-18-10-16(26)6-5-15(18)9-22(32)31-23/h5-6,10-14,23H,4,7-9H2,1-3H3,(H,27,33)(H,31,32)(H,28,29,30)/t23-/m0/s1. The van der Waals surface area contributed by atoms with Crippen molar-refractivity contribution >= 4 is 45.8 Å². The predicted octanol–water partition coefficient (Wildman–Crippen LogP) is 3.62. The first-order valence-electron chi connectivity index (χ1n) is 11.4. The first-order valence-corrected chi connectivity index (χ1v) is 11.8. The third-order valence-corrected chi connectivity index (χ3v) is 5.98. The molecule has 0 spiro atoms. The topological polar surface area (TPSA) is 114 Å². The molecule has 0 fully saturated rings. The lowest BCUT2D eigenvalue weighted by Crippen LogP contribution is -2.50. The maximum absolute atomic E-state index is 12.9. The van der Waals surface area contributed by atoms with E-state index in [-0.39, 0.29) is 24.2 Å². The fraction of sp³-hybridized carbons (Fsp3) is 0.360. The summed E-state index contributed by atoms with van der Waals surface area (Å²) in [5.74, 6) is 1.04. The Morgan fingerprint density at radius 1 is 1.17 bits per heavy atom. The molecule has 35 heavy (non-hydrogen) atoms. The van der Waals surface area contributed by atoms with Gasteiger partial charge in [0.05, 0.1) is 25.7 Å². The largest absolute Gasteiger partial charge is 0.493 e. The summed E-state index contributed by atoms with van der Waals surface area (Å²) >= 11 is 6.27. The number of aromatic nitrogens is 2. The average molecular weight is 498 g/mol. The van der Waals surface area contributed by atoms with E-state index in [0.717, 1.165) is 5.39 Å². The van der Waals surface area contributed by atoms with Crippen molar-refractivity contribution in [1.82, 2.24) is 20.6 Å². The van der Waals surface area contributed by atoms with Crippen molar-refractivity contribution in [3.8, 4) is 11.5 Å². The average Bonchev–Trinajstić information content (AvgIpc) is 2.83. The molecule has 2 amide bonds. The van der Waals surface area contributed by atoms with Gasteiger partial charge in [-0.25, -0.2) is 9.97 Å². The maximum Gasteiger partial charge on any atom is 0.242 e. The van der Waals surface area contributed by atoms with Crippen molar-refractivity contribution in [3.05, 3.63) is 47.2 Å². The Morgan fingerprint density at radius 2 is 2.00 bits per heavy atom. The number of nitrogens with zero attached hydrogens (tertiary/aromatic N) is 2. The number of nitrogens with one attached hydrogen (secondary N) is 3. The van der Waals surface area contributed by atoms with Gasteiger partial charge in [0.2, 0.25) is 11.8 Å². The van der Waals surface area contributed by atoms with Gasteiger partial charge in [-0.3, -0.25) is 9.59 Å². The molecule has 10 heteroatoms. The minimum Gasteiger partial charge on any atom is -0.493 e. The van der Waals surface area contributed by atoms with Crippen molar-refractivity contribution in [2.75, 3.05) is 25.6 Å². The van der Waals surface area contributed by atoms with Crippen LogP contribution in [-0.4, -0.2) is 48.1 Å². The summed E-state index contributed by atoms with van der Waals surface area (Å²) in [4.78, 5) is 34.5. The monoisotopic (exact) mass is 497 g/mol. The first-order chi connectivity index (χ1) is 16.9. The molecule has 3 aromatic rings. The number of methoxy groups -OCH3 is 1. The highest BCUT2D eigenvalue weighted by molar-refractivity contribution is 6.31. The van der Waals surface area contributed by atoms with Gasteiger partial charge in [-0.05, 0) is 36.1 Å². The van der Waals surface area contributed by atoms with E-state index >= 15 is 0 Å². The van der Waals surface area contributed by atoms with Gasteiger partial charge in [0.15, 0.2) is 11.5 Å². The molecular weight excluding hydrogens is 470 g/mol. The van der Waals surface area contributed by atoms with E-state index in [1.54, 1.807) is 31.4 Å². The van der Waals surface area contributed by atoms with E-state index in [4.69, 9.17) is 21.1 Å². The van der Waals surface area contributed by atoms with E-state index in [9.17, 15) is 9.59 Å². The minimum atomic E-state index is -0.653. The van der Waals surface area contributed by atoms with Gasteiger partial charge in [0.25, 0.3) is 0 Å². The number of fused-ring (bicyclic) bond motifs is 2. The summed E-state index contributed by atoms with van der Waals surface area (Å²) in [7, 11) is 1.57. The Hall–Kier alpha value is -3.59. The predicted molar refractivity (Wildman–Crippen MR) is 134 cm³/mol. The zero-order chi connectivity index (χ0) is 24.9. The quantitative estimate of drug-likeness (QED) is 0.495. The summed E-state index contributed by atoms with van der Waals surface area (Å²) < 4.78 is 11.5. The molecule has 0 radical (unpaired) electrons. The number of ether oxygens (including phenoxy) is 2. The van der Waals surface area contributed by atoms with E-state index in [2.05, 4.69) is 25.9 Å². The van der Waals surface area contributed by atoms with Crippen LogP contribution >= 0.6 is 11.6 Å². The summed E-state index contributed by atoms with van der Waals surface area (Å²) in [5.41, 5.74) is 2.00. The second-order valence-corrected chi connectivity index (χ2v) is 9.06. The molecule has 184 valence electrons. The molecule has 2 aromatic carbocycles. The van der Waals surface area contributed by atoms with Gasteiger partial charge in [0, 0.05) is 28.7 Å². The van der Waals surface area contributed by atoms with Crippen LogP contribution in [0.3, 0.4) is 0 Å². The number of amides is 2. The molecule has 1 aromatic heterocycles. The zero-order valence-electron chi connectivity index (χ0n) is 19.9. The maximum atomic E-state index is 12.9. The van der Waals surface area contributed by atoms with E-state index < -0.39 is 6.04 Å². The molecule has 9 nitrogen and oxygen atoms in total. The fourth-order valence-electron chi connectivity index (χ4n) is 3.89. The highest BCUT2D eigenvalue weighted by atomic mass is 35.5. The van der Waals surface area contributed by atoms with Crippen LogP contribution in [0.15, 0.2) is 36.7 Å². The Bertz CT molecular complexity index is 1250. The highest BCUT2D eigenvalue weighted by Crippen LogP contribution is 2.35. The number of hydrogen-bond donors (Lipinski definition) is 3. The Balaban J connectivity index is 1.77. The number of carbonyl (C=O) groups is 2. The second kappa shape index (κ2) is 10.8. The van der Waals surface area contributed by atoms with Crippen LogP contribution < -0.4 is 25.4 Å². The third-order valence-electron chi connectivity index (χ3n) is 5.74. The lowest BCUT2D eigenvalue weighted by molar-refractivity contribution is -0.129. The second-order valence-electron chi connectivity index (χ2n) is 8.63. The van der Waals surface area contributed by atoms with Crippen molar-refractivity contribution < 1.29 is 19.1 Å². The number of hydrogen-bond acceptors (Lipinski definition) is 7. The van der Waals surface area contributed by atoms with Gasteiger partial charge in [0.1, 0.15) is 18.2 Å². The van der Waals surface area contributed by atoms with Crippen LogP contribution in [0, 0.1) is 5.92 Å². The normalized spacial score (nSPS) is 17.1. The van der Waals surface area contributed by atoms with Crippen molar-refractivity contribution in [2.24, 2.45) is 5.92 Å². The van der Waals surface area contributed by atoms with Crippen LogP contribution in [-0.2, 0) is 16.0 Å².